The van der Waals surface area contributed by atoms with Gasteiger partial charge in [-0.1, -0.05) is 50.8 Å². The second-order valence-corrected chi connectivity index (χ2v) is 6.41. The van der Waals surface area contributed by atoms with Crippen LogP contribution in [-0.4, -0.2) is 15.8 Å². The van der Waals surface area contributed by atoms with Crippen LogP contribution in [0.3, 0.4) is 0 Å². The van der Waals surface area contributed by atoms with Gasteiger partial charge in [-0.2, -0.15) is 0 Å². The standard InChI is InChI=1S/C18H27FO2/c1-2-7-16(20)15-9-6-8-14(17(15)19)10-13-18(21)11-4-3-5-12-18/h6,8-9,16,20-21H,2-5,7,10-13H2,1H3. The first-order chi connectivity index (χ1) is 10.1. The normalized spacial score (nSPS) is 19.4. The monoisotopic (exact) mass is 294 g/mol. The van der Waals surface area contributed by atoms with Crippen molar-refractivity contribution in [2.75, 3.05) is 0 Å². The van der Waals surface area contributed by atoms with Crippen LogP contribution >= 0.6 is 0 Å². The predicted octanol–water partition coefficient (Wildman–Crippen LogP) is 4.29. The van der Waals surface area contributed by atoms with Gasteiger partial charge in [-0.15, -0.1) is 0 Å². The number of halogens is 1. The van der Waals surface area contributed by atoms with Crippen molar-refractivity contribution in [3.63, 3.8) is 0 Å². The predicted molar refractivity (Wildman–Crippen MR) is 82.6 cm³/mol. The molecule has 21 heavy (non-hydrogen) atoms. The van der Waals surface area contributed by atoms with Crippen LogP contribution in [0, 0.1) is 5.82 Å². The van der Waals surface area contributed by atoms with Gasteiger partial charge in [0, 0.05) is 5.56 Å². The first-order valence-corrected chi connectivity index (χ1v) is 8.23. The van der Waals surface area contributed by atoms with Crippen LogP contribution in [0.2, 0.25) is 0 Å². The molecule has 0 saturated heterocycles. The van der Waals surface area contributed by atoms with E-state index in [1.807, 2.05) is 6.92 Å². The number of aryl methyl sites for hydroxylation is 1. The lowest BCUT2D eigenvalue weighted by molar-refractivity contribution is -0.00357. The Morgan fingerprint density at radius 3 is 2.62 bits per heavy atom. The average molecular weight is 294 g/mol. The highest BCUT2D eigenvalue weighted by Gasteiger charge is 2.29. The summed E-state index contributed by atoms with van der Waals surface area (Å²) in [7, 11) is 0. The van der Waals surface area contributed by atoms with Gasteiger partial charge in [0.15, 0.2) is 0 Å². The number of hydrogen-bond donors (Lipinski definition) is 2. The summed E-state index contributed by atoms with van der Waals surface area (Å²) in [5.74, 6) is -0.294. The molecule has 0 radical (unpaired) electrons. The summed E-state index contributed by atoms with van der Waals surface area (Å²) in [5.41, 5.74) is 0.384. The van der Waals surface area contributed by atoms with Gasteiger partial charge in [0.05, 0.1) is 11.7 Å². The molecular weight excluding hydrogens is 267 g/mol. The zero-order valence-corrected chi connectivity index (χ0v) is 12.9. The van der Waals surface area contributed by atoms with E-state index in [2.05, 4.69) is 0 Å². The zero-order valence-electron chi connectivity index (χ0n) is 12.9. The Hall–Kier alpha value is -0.930. The van der Waals surface area contributed by atoms with E-state index in [-0.39, 0.29) is 5.82 Å². The number of aliphatic hydroxyl groups is 2. The van der Waals surface area contributed by atoms with Crippen molar-refractivity contribution in [2.45, 2.75) is 76.4 Å². The minimum atomic E-state index is -0.729. The van der Waals surface area contributed by atoms with Crippen molar-refractivity contribution >= 4 is 0 Å². The Morgan fingerprint density at radius 2 is 1.95 bits per heavy atom. The molecule has 2 rings (SSSR count). The van der Waals surface area contributed by atoms with Crippen molar-refractivity contribution < 1.29 is 14.6 Å². The van der Waals surface area contributed by atoms with Crippen molar-refractivity contribution in [1.29, 1.82) is 0 Å². The molecule has 1 aromatic carbocycles. The summed E-state index contributed by atoms with van der Waals surface area (Å²) in [6, 6.07) is 5.23. The van der Waals surface area contributed by atoms with E-state index in [9.17, 15) is 14.6 Å². The summed E-state index contributed by atoms with van der Waals surface area (Å²) in [4.78, 5) is 0. The molecule has 1 atom stereocenters. The molecule has 0 bridgehead atoms. The highest BCUT2D eigenvalue weighted by atomic mass is 19.1. The fourth-order valence-electron chi connectivity index (χ4n) is 3.31. The van der Waals surface area contributed by atoms with Crippen molar-refractivity contribution in [1.82, 2.24) is 0 Å². The first-order valence-electron chi connectivity index (χ1n) is 8.23. The van der Waals surface area contributed by atoms with Gasteiger partial charge in [-0.05, 0) is 37.7 Å². The van der Waals surface area contributed by atoms with E-state index in [4.69, 9.17) is 0 Å². The van der Waals surface area contributed by atoms with E-state index in [0.29, 0.717) is 30.4 Å². The van der Waals surface area contributed by atoms with Crippen molar-refractivity contribution in [2.24, 2.45) is 0 Å². The molecule has 1 aromatic rings. The van der Waals surface area contributed by atoms with Crippen LogP contribution in [-0.2, 0) is 6.42 Å². The molecule has 2 nitrogen and oxygen atoms in total. The molecule has 1 aliphatic carbocycles. The summed E-state index contributed by atoms with van der Waals surface area (Å²) < 4.78 is 14.5. The van der Waals surface area contributed by atoms with Gasteiger partial charge in [0.2, 0.25) is 0 Å². The minimum Gasteiger partial charge on any atom is -0.390 e. The van der Waals surface area contributed by atoms with Gasteiger partial charge in [0.25, 0.3) is 0 Å². The lowest BCUT2D eigenvalue weighted by Gasteiger charge is -2.32. The molecule has 0 aliphatic heterocycles. The fourth-order valence-corrected chi connectivity index (χ4v) is 3.31. The third-order valence-electron chi connectivity index (χ3n) is 4.67. The summed E-state index contributed by atoms with van der Waals surface area (Å²) >= 11 is 0. The maximum absolute atomic E-state index is 14.5. The Kier molecular flexibility index (Phi) is 5.77. The van der Waals surface area contributed by atoms with Gasteiger partial charge in [0.1, 0.15) is 5.82 Å². The van der Waals surface area contributed by atoms with E-state index in [1.165, 1.54) is 6.42 Å². The van der Waals surface area contributed by atoms with E-state index in [1.54, 1.807) is 18.2 Å². The SMILES string of the molecule is CCCC(O)c1cccc(CCC2(O)CCCCC2)c1F. The lowest BCUT2D eigenvalue weighted by atomic mass is 9.81. The fraction of sp³-hybridized carbons (Fsp3) is 0.667. The molecule has 118 valence electrons. The average Bonchev–Trinajstić information content (AvgIpc) is 2.47. The van der Waals surface area contributed by atoms with E-state index in [0.717, 1.165) is 32.1 Å². The van der Waals surface area contributed by atoms with Gasteiger partial charge in [-0.25, -0.2) is 4.39 Å². The van der Waals surface area contributed by atoms with Crippen molar-refractivity contribution in [3.05, 3.63) is 35.1 Å². The van der Waals surface area contributed by atoms with E-state index < -0.39 is 11.7 Å². The number of rotatable bonds is 6. The molecule has 1 saturated carbocycles. The van der Waals surface area contributed by atoms with Crippen LogP contribution in [0.4, 0.5) is 4.39 Å². The largest absolute Gasteiger partial charge is 0.390 e. The van der Waals surface area contributed by atoms with Gasteiger partial charge >= 0.3 is 0 Å². The quantitative estimate of drug-likeness (QED) is 0.822. The summed E-state index contributed by atoms with van der Waals surface area (Å²) in [5, 5.41) is 20.5. The Balaban J connectivity index is 2.04. The van der Waals surface area contributed by atoms with Crippen molar-refractivity contribution in [3.8, 4) is 0 Å². The maximum atomic E-state index is 14.5. The molecule has 0 aromatic heterocycles. The molecule has 0 amide bonds. The molecule has 0 spiro atoms. The molecule has 2 N–H and O–H groups in total. The summed E-state index contributed by atoms with van der Waals surface area (Å²) in [6.07, 6.45) is 6.78. The Morgan fingerprint density at radius 1 is 1.24 bits per heavy atom. The molecule has 1 aliphatic rings. The van der Waals surface area contributed by atoms with Crippen LogP contribution in [0.5, 0.6) is 0 Å². The highest BCUT2D eigenvalue weighted by molar-refractivity contribution is 5.28. The van der Waals surface area contributed by atoms with Crippen LogP contribution < -0.4 is 0 Å². The minimum absolute atomic E-state index is 0.294. The number of aliphatic hydroxyl groups excluding tert-OH is 1. The number of hydrogen-bond acceptors (Lipinski definition) is 2. The molecule has 1 fully saturated rings. The topological polar surface area (TPSA) is 40.5 Å². The van der Waals surface area contributed by atoms with Gasteiger partial charge < -0.3 is 10.2 Å². The van der Waals surface area contributed by atoms with Crippen LogP contribution in [0.15, 0.2) is 18.2 Å². The van der Waals surface area contributed by atoms with Gasteiger partial charge in [-0.3, -0.25) is 0 Å². The molecule has 0 heterocycles. The lowest BCUT2D eigenvalue weighted by Crippen LogP contribution is -2.31. The molecule has 1 unspecified atom stereocenters. The first kappa shape index (κ1) is 16.4. The molecular formula is C18H27FO2. The maximum Gasteiger partial charge on any atom is 0.132 e. The van der Waals surface area contributed by atoms with Crippen LogP contribution in [0.1, 0.15) is 75.5 Å². The third-order valence-corrected chi connectivity index (χ3v) is 4.67. The summed E-state index contributed by atoms with van der Waals surface area (Å²) in [6.45, 7) is 1.98. The zero-order chi connectivity index (χ0) is 15.3. The smallest absolute Gasteiger partial charge is 0.132 e. The third kappa shape index (κ3) is 4.27. The number of benzene rings is 1. The highest BCUT2D eigenvalue weighted by Crippen LogP contribution is 2.33. The second-order valence-electron chi connectivity index (χ2n) is 6.41. The second kappa shape index (κ2) is 7.37. The van der Waals surface area contributed by atoms with Crippen LogP contribution in [0.25, 0.3) is 0 Å². The Labute approximate surface area is 127 Å². The molecule has 3 heteroatoms. The Bertz CT molecular complexity index is 453. The van der Waals surface area contributed by atoms with E-state index >= 15 is 0 Å².